The Balaban J connectivity index is 1.54. The number of aryl methyl sites for hydroxylation is 1. The Morgan fingerprint density at radius 2 is 1.82 bits per heavy atom. The van der Waals surface area contributed by atoms with Gasteiger partial charge in [-0.05, 0) is 49.2 Å². The second-order valence-corrected chi connectivity index (χ2v) is 7.49. The van der Waals surface area contributed by atoms with Crippen LogP contribution in [0.2, 0.25) is 10.0 Å². The molecule has 2 aromatic carbocycles. The molecule has 0 radical (unpaired) electrons. The molecule has 8 heteroatoms. The highest BCUT2D eigenvalue weighted by molar-refractivity contribution is 6.37. The lowest BCUT2D eigenvalue weighted by atomic mass is 10.1. The van der Waals surface area contributed by atoms with E-state index in [1.807, 2.05) is 12.1 Å². The maximum absolute atomic E-state index is 13.6. The average Bonchev–Trinajstić information content (AvgIpc) is 2.93. The Hall–Kier alpha value is -2.44. The first kappa shape index (κ1) is 18.9. The summed E-state index contributed by atoms with van der Waals surface area (Å²) in [5.74, 6) is 0.644. The maximum atomic E-state index is 13.6. The third kappa shape index (κ3) is 3.75. The first-order valence-corrected chi connectivity index (χ1v) is 9.77. The lowest BCUT2D eigenvalue weighted by molar-refractivity contribution is 0.102. The number of hydrogen-bond donors (Lipinski definition) is 1. The van der Waals surface area contributed by atoms with Gasteiger partial charge in [0, 0.05) is 24.2 Å². The molecule has 1 amide bonds. The first-order chi connectivity index (χ1) is 13.5. The van der Waals surface area contributed by atoms with Crippen molar-refractivity contribution in [1.82, 2.24) is 14.8 Å². The van der Waals surface area contributed by atoms with Gasteiger partial charge in [0.2, 0.25) is 0 Å². The van der Waals surface area contributed by atoms with E-state index in [9.17, 15) is 9.18 Å². The molecule has 0 saturated heterocycles. The minimum Gasteiger partial charge on any atom is -0.322 e. The molecular formula is C20H17Cl2FN4O. The van der Waals surface area contributed by atoms with Crippen LogP contribution in [0, 0.1) is 5.82 Å². The van der Waals surface area contributed by atoms with Crippen molar-refractivity contribution in [3.63, 3.8) is 0 Å². The topological polar surface area (TPSA) is 59.8 Å². The van der Waals surface area contributed by atoms with Crippen LogP contribution < -0.4 is 5.32 Å². The molecular weight excluding hydrogens is 402 g/mol. The van der Waals surface area contributed by atoms with Crippen molar-refractivity contribution in [3.05, 3.63) is 63.6 Å². The van der Waals surface area contributed by atoms with E-state index in [1.165, 1.54) is 12.5 Å². The number of nitrogens with zero attached hydrogens (tertiary/aromatic N) is 3. The largest absolute Gasteiger partial charge is 0.322 e. The van der Waals surface area contributed by atoms with Crippen LogP contribution in [0.1, 0.15) is 35.4 Å². The summed E-state index contributed by atoms with van der Waals surface area (Å²) in [6.45, 7) is 0.913. The molecule has 1 aliphatic rings. The molecule has 0 fully saturated rings. The minimum atomic E-state index is -0.695. The van der Waals surface area contributed by atoms with E-state index in [4.69, 9.17) is 23.2 Å². The van der Waals surface area contributed by atoms with Crippen LogP contribution in [0.5, 0.6) is 0 Å². The Morgan fingerprint density at radius 3 is 2.61 bits per heavy atom. The van der Waals surface area contributed by atoms with E-state index in [0.29, 0.717) is 5.69 Å². The molecule has 0 aliphatic carbocycles. The van der Waals surface area contributed by atoms with Crippen LogP contribution in [0.25, 0.3) is 11.4 Å². The van der Waals surface area contributed by atoms with Crippen molar-refractivity contribution in [1.29, 1.82) is 0 Å². The summed E-state index contributed by atoms with van der Waals surface area (Å²) >= 11 is 11.7. The third-order valence-electron chi connectivity index (χ3n) is 4.77. The number of hydrogen-bond acceptors (Lipinski definition) is 3. The number of amides is 1. The molecule has 28 heavy (non-hydrogen) atoms. The number of aromatic nitrogens is 3. The van der Waals surface area contributed by atoms with Gasteiger partial charge in [0.05, 0.1) is 15.6 Å². The summed E-state index contributed by atoms with van der Waals surface area (Å²) < 4.78 is 15.8. The van der Waals surface area contributed by atoms with Crippen molar-refractivity contribution >= 4 is 34.8 Å². The van der Waals surface area contributed by atoms with E-state index in [0.717, 1.165) is 49.1 Å². The SMILES string of the molecule is O=C(Nc1ccc(-c2nnc3n2CCCCC3)cc1)c1cc(F)c(Cl)cc1Cl. The molecule has 0 unspecified atom stereocenters. The summed E-state index contributed by atoms with van der Waals surface area (Å²) in [6.07, 6.45) is 4.39. The van der Waals surface area contributed by atoms with E-state index in [2.05, 4.69) is 20.1 Å². The molecule has 144 valence electrons. The number of carbonyl (C=O) groups excluding carboxylic acids is 1. The fourth-order valence-corrected chi connectivity index (χ4v) is 3.77. The van der Waals surface area contributed by atoms with Gasteiger partial charge >= 0.3 is 0 Å². The Morgan fingerprint density at radius 1 is 1.04 bits per heavy atom. The predicted octanol–water partition coefficient (Wildman–Crippen LogP) is 5.37. The monoisotopic (exact) mass is 418 g/mol. The zero-order valence-electron chi connectivity index (χ0n) is 14.9. The standard InChI is InChI=1S/C20H17Cl2FN4O/c21-15-11-16(22)17(23)10-14(15)20(28)24-13-7-5-12(6-8-13)19-26-25-18-4-2-1-3-9-27(18)19/h5-8,10-11H,1-4,9H2,(H,24,28). The smallest absolute Gasteiger partial charge is 0.257 e. The number of benzene rings is 2. The number of rotatable bonds is 3. The summed E-state index contributed by atoms with van der Waals surface area (Å²) in [4.78, 5) is 12.4. The van der Waals surface area contributed by atoms with Gasteiger partial charge in [-0.25, -0.2) is 4.39 Å². The van der Waals surface area contributed by atoms with Gasteiger partial charge in [-0.15, -0.1) is 10.2 Å². The van der Waals surface area contributed by atoms with Gasteiger partial charge in [-0.1, -0.05) is 29.6 Å². The van der Waals surface area contributed by atoms with Crippen LogP contribution in [-0.4, -0.2) is 20.7 Å². The molecule has 1 N–H and O–H groups in total. The maximum Gasteiger partial charge on any atom is 0.257 e. The molecule has 1 aromatic heterocycles. The lowest BCUT2D eigenvalue weighted by Gasteiger charge is -2.10. The molecule has 2 heterocycles. The van der Waals surface area contributed by atoms with Gasteiger partial charge < -0.3 is 9.88 Å². The molecule has 4 rings (SSSR count). The number of halogens is 3. The zero-order valence-corrected chi connectivity index (χ0v) is 16.4. The second kappa shape index (κ2) is 7.89. The summed E-state index contributed by atoms with van der Waals surface area (Å²) in [5.41, 5.74) is 1.51. The van der Waals surface area contributed by atoms with Gasteiger partial charge in [-0.3, -0.25) is 4.79 Å². The first-order valence-electron chi connectivity index (χ1n) is 9.01. The number of carbonyl (C=O) groups is 1. The lowest BCUT2D eigenvalue weighted by Crippen LogP contribution is -2.13. The molecule has 0 saturated carbocycles. The van der Waals surface area contributed by atoms with Gasteiger partial charge in [0.25, 0.3) is 5.91 Å². The van der Waals surface area contributed by atoms with Crippen LogP contribution >= 0.6 is 23.2 Å². The quantitative estimate of drug-likeness (QED) is 0.581. The predicted molar refractivity (Wildman–Crippen MR) is 107 cm³/mol. The molecule has 5 nitrogen and oxygen atoms in total. The summed E-state index contributed by atoms with van der Waals surface area (Å²) in [6, 6.07) is 9.54. The number of nitrogens with one attached hydrogen (secondary N) is 1. The van der Waals surface area contributed by atoms with E-state index < -0.39 is 11.7 Å². The average molecular weight is 419 g/mol. The molecule has 0 bridgehead atoms. The molecule has 0 spiro atoms. The van der Waals surface area contributed by atoms with Crippen LogP contribution in [0.4, 0.5) is 10.1 Å². The van der Waals surface area contributed by atoms with Crippen molar-refractivity contribution < 1.29 is 9.18 Å². The third-order valence-corrected chi connectivity index (χ3v) is 5.37. The molecule has 3 aromatic rings. The van der Waals surface area contributed by atoms with Crippen LogP contribution in [-0.2, 0) is 13.0 Å². The van der Waals surface area contributed by atoms with E-state index in [1.54, 1.807) is 12.1 Å². The highest BCUT2D eigenvalue weighted by Gasteiger charge is 2.17. The number of fused-ring (bicyclic) bond motifs is 1. The Kier molecular flexibility index (Phi) is 5.33. The Labute approximate surface area is 171 Å². The summed E-state index contributed by atoms with van der Waals surface area (Å²) in [5, 5.41) is 11.3. The fraction of sp³-hybridized carbons (Fsp3) is 0.250. The van der Waals surface area contributed by atoms with Crippen molar-refractivity contribution in [2.45, 2.75) is 32.2 Å². The normalized spacial score (nSPS) is 13.7. The van der Waals surface area contributed by atoms with Gasteiger partial charge in [-0.2, -0.15) is 0 Å². The highest BCUT2D eigenvalue weighted by atomic mass is 35.5. The summed E-state index contributed by atoms with van der Waals surface area (Å²) in [7, 11) is 0. The van der Waals surface area contributed by atoms with Crippen molar-refractivity contribution in [2.24, 2.45) is 0 Å². The van der Waals surface area contributed by atoms with Gasteiger partial charge in [0.15, 0.2) is 5.82 Å². The van der Waals surface area contributed by atoms with Gasteiger partial charge in [0.1, 0.15) is 11.6 Å². The molecule has 0 atom stereocenters. The van der Waals surface area contributed by atoms with Crippen molar-refractivity contribution in [2.75, 3.05) is 5.32 Å². The van der Waals surface area contributed by atoms with Crippen molar-refractivity contribution in [3.8, 4) is 11.4 Å². The van der Waals surface area contributed by atoms with E-state index >= 15 is 0 Å². The fourth-order valence-electron chi connectivity index (χ4n) is 3.30. The van der Waals surface area contributed by atoms with E-state index in [-0.39, 0.29) is 15.6 Å². The number of anilines is 1. The second-order valence-electron chi connectivity index (χ2n) is 6.68. The van der Waals surface area contributed by atoms with Crippen LogP contribution in [0.15, 0.2) is 36.4 Å². The minimum absolute atomic E-state index is 0.0235. The Bertz CT molecular complexity index is 1030. The zero-order chi connectivity index (χ0) is 19.7. The molecule has 1 aliphatic heterocycles. The highest BCUT2D eigenvalue weighted by Crippen LogP contribution is 2.27. The van der Waals surface area contributed by atoms with Crippen LogP contribution in [0.3, 0.4) is 0 Å².